The van der Waals surface area contributed by atoms with Crippen molar-refractivity contribution in [3.8, 4) is 0 Å². The van der Waals surface area contributed by atoms with Gasteiger partial charge in [-0.05, 0) is 31.5 Å². The number of hydrogen-bond acceptors (Lipinski definition) is 1. The minimum atomic E-state index is -4.53. The van der Waals surface area contributed by atoms with E-state index in [2.05, 4.69) is 0 Å². The summed E-state index contributed by atoms with van der Waals surface area (Å²) in [5.41, 5.74) is -0.699. The van der Waals surface area contributed by atoms with E-state index in [9.17, 15) is 18.0 Å². The zero-order valence-corrected chi connectivity index (χ0v) is 8.83. The minimum Gasteiger partial charge on any atom is -0.294 e. The van der Waals surface area contributed by atoms with Crippen LogP contribution < -0.4 is 0 Å². The first-order valence-corrected chi connectivity index (χ1v) is 4.49. The highest BCUT2D eigenvalue weighted by atomic mass is 35.5. The molecule has 0 saturated heterocycles. The van der Waals surface area contributed by atoms with Crippen molar-refractivity contribution in [2.45, 2.75) is 20.0 Å². The molecule has 0 heterocycles. The van der Waals surface area contributed by atoms with Crippen molar-refractivity contribution >= 4 is 17.4 Å². The zero-order valence-electron chi connectivity index (χ0n) is 8.07. The molecule has 0 saturated carbocycles. The molecular weight excluding hydrogens is 229 g/mol. The van der Waals surface area contributed by atoms with E-state index in [1.165, 1.54) is 19.9 Å². The largest absolute Gasteiger partial charge is 0.417 e. The summed E-state index contributed by atoms with van der Waals surface area (Å²) in [6, 6.07) is 2.27. The lowest BCUT2D eigenvalue weighted by molar-refractivity contribution is -0.137. The number of halogens is 4. The van der Waals surface area contributed by atoms with Crippen molar-refractivity contribution in [1.82, 2.24) is 0 Å². The second-order valence-electron chi connectivity index (χ2n) is 3.23. The Hall–Kier alpha value is -1.03. The minimum absolute atomic E-state index is 0.0935. The van der Waals surface area contributed by atoms with Gasteiger partial charge in [0.25, 0.3) is 0 Å². The summed E-state index contributed by atoms with van der Waals surface area (Å²) < 4.78 is 37.4. The smallest absolute Gasteiger partial charge is 0.294 e. The lowest BCUT2D eigenvalue weighted by atomic mass is 10.0. The molecule has 0 bridgehead atoms. The quantitative estimate of drug-likeness (QED) is 0.677. The summed E-state index contributed by atoms with van der Waals surface area (Å²) in [6.07, 6.45) is -4.53. The Kier molecular flexibility index (Phi) is 3.09. The van der Waals surface area contributed by atoms with Gasteiger partial charge in [0.1, 0.15) is 0 Å². The average molecular weight is 237 g/mol. The van der Waals surface area contributed by atoms with Gasteiger partial charge in [-0.25, -0.2) is 0 Å². The van der Waals surface area contributed by atoms with E-state index in [1.54, 1.807) is 0 Å². The summed E-state index contributed by atoms with van der Waals surface area (Å²) in [7, 11) is 0. The average Bonchev–Trinajstić information content (AvgIpc) is 2.06. The number of Topliss-reactive ketones (excluding diaryl/α,β-unsaturated/α-hetero) is 1. The predicted octanol–water partition coefficient (Wildman–Crippen LogP) is 3.87. The monoisotopic (exact) mass is 236 g/mol. The number of aryl methyl sites for hydroxylation is 1. The lowest BCUT2D eigenvalue weighted by Gasteiger charge is -2.12. The highest BCUT2D eigenvalue weighted by Gasteiger charge is 2.34. The highest BCUT2D eigenvalue weighted by molar-refractivity contribution is 6.34. The molecule has 1 aromatic rings. The van der Waals surface area contributed by atoms with Crippen molar-refractivity contribution in [2.75, 3.05) is 0 Å². The molecule has 0 aliphatic carbocycles. The van der Waals surface area contributed by atoms with Gasteiger partial charge in [-0.15, -0.1) is 0 Å². The molecule has 0 N–H and O–H groups in total. The first kappa shape index (κ1) is 12.0. The number of carbonyl (C=O) groups is 1. The number of carbonyl (C=O) groups excluding carboxylic acids is 1. The molecule has 0 aliphatic heterocycles. The summed E-state index contributed by atoms with van der Waals surface area (Å²) in [6.45, 7) is 2.67. The fraction of sp³-hybridized carbons (Fsp3) is 0.300. The van der Waals surface area contributed by atoms with Crippen LogP contribution >= 0.6 is 11.6 Å². The van der Waals surface area contributed by atoms with Gasteiger partial charge in [0.05, 0.1) is 10.6 Å². The number of benzene rings is 1. The maximum atomic E-state index is 12.5. The first-order chi connectivity index (χ1) is 6.73. The lowest BCUT2D eigenvalue weighted by Crippen LogP contribution is -2.09. The first-order valence-electron chi connectivity index (χ1n) is 4.11. The molecular formula is C10H8ClF3O. The summed E-state index contributed by atoms with van der Waals surface area (Å²) >= 11 is 5.52. The fourth-order valence-corrected chi connectivity index (χ4v) is 1.58. The molecule has 15 heavy (non-hydrogen) atoms. The third kappa shape index (κ3) is 2.50. The number of ketones is 1. The van der Waals surface area contributed by atoms with Crippen molar-refractivity contribution in [1.29, 1.82) is 0 Å². The molecule has 0 fully saturated rings. The SMILES string of the molecule is CC(=O)c1cc(C)cc(C(F)(F)F)c1Cl. The van der Waals surface area contributed by atoms with Crippen LogP contribution in [-0.4, -0.2) is 5.78 Å². The maximum Gasteiger partial charge on any atom is 0.417 e. The molecule has 1 rings (SSSR count). The van der Waals surface area contributed by atoms with Crippen LogP contribution in [0.4, 0.5) is 13.2 Å². The van der Waals surface area contributed by atoms with Crippen molar-refractivity contribution in [3.63, 3.8) is 0 Å². The fourth-order valence-electron chi connectivity index (χ4n) is 1.23. The molecule has 0 unspecified atom stereocenters. The second-order valence-corrected chi connectivity index (χ2v) is 3.61. The molecule has 0 aromatic heterocycles. The summed E-state index contributed by atoms with van der Waals surface area (Å²) in [4.78, 5) is 11.0. The van der Waals surface area contributed by atoms with Crippen LogP contribution in [0.2, 0.25) is 5.02 Å². The van der Waals surface area contributed by atoms with Crippen molar-refractivity contribution in [2.24, 2.45) is 0 Å². The van der Waals surface area contributed by atoms with Crippen LogP contribution in [0, 0.1) is 6.92 Å². The van der Waals surface area contributed by atoms with Crippen LogP contribution in [-0.2, 0) is 6.18 Å². The van der Waals surface area contributed by atoms with Gasteiger partial charge in [-0.2, -0.15) is 13.2 Å². The van der Waals surface area contributed by atoms with Gasteiger partial charge in [0, 0.05) is 5.56 Å². The number of alkyl halides is 3. The predicted molar refractivity (Wildman–Crippen MR) is 51.2 cm³/mol. The second kappa shape index (κ2) is 3.85. The van der Waals surface area contributed by atoms with Crippen LogP contribution in [0.15, 0.2) is 12.1 Å². The van der Waals surface area contributed by atoms with Crippen LogP contribution in [0.1, 0.15) is 28.4 Å². The third-order valence-electron chi connectivity index (χ3n) is 1.90. The van der Waals surface area contributed by atoms with Gasteiger partial charge >= 0.3 is 6.18 Å². The number of rotatable bonds is 1. The third-order valence-corrected chi connectivity index (χ3v) is 2.31. The van der Waals surface area contributed by atoms with Gasteiger partial charge in [0.2, 0.25) is 0 Å². The molecule has 82 valence electrons. The van der Waals surface area contributed by atoms with Crippen molar-refractivity contribution in [3.05, 3.63) is 33.8 Å². The molecule has 0 radical (unpaired) electrons. The summed E-state index contributed by atoms with van der Waals surface area (Å²) in [5.74, 6) is -0.478. The zero-order chi connectivity index (χ0) is 11.8. The topological polar surface area (TPSA) is 17.1 Å². The van der Waals surface area contributed by atoms with Crippen LogP contribution in [0.25, 0.3) is 0 Å². The Balaban J connectivity index is 3.49. The Morgan fingerprint density at radius 2 is 1.87 bits per heavy atom. The molecule has 1 aromatic carbocycles. The number of hydrogen-bond donors (Lipinski definition) is 0. The Morgan fingerprint density at radius 1 is 1.33 bits per heavy atom. The standard InChI is InChI=1S/C10H8ClF3O/c1-5-3-7(6(2)15)9(11)8(4-5)10(12,13)14/h3-4H,1-2H3. The van der Waals surface area contributed by atoms with E-state index >= 15 is 0 Å². The van der Waals surface area contributed by atoms with Gasteiger partial charge in [-0.1, -0.05) is 11.6 Å². The van der Waals surface area contributed by atoms with Crippen molar-refractivity contribution < 1.29 is 18.0 Å². The van der Waals surface area contributed by atoms with Gasteiger partial charge < -0.3 is 0 Å². The van der Waals surface area contributed by atoms with E-state index in [0.29, 0.717) is 5.56 Å². The molecule has 0 spiro atoms. The van der Waals surface area contributed by atoms with Gasteiger partial charge in [0.15, 0.2) is 5.78 Å². The van der Waals surface area contributed by atoms with E-state index in [1.807, 2.05) is 0 Å². The molecule has 5 heteroatoms. The molecule has 1 nitrogen and oxygen atoms in total. The normalized spacial score (nSPS) is 11.6. The molecule has 0 amide bonds. The van der Waals surface area contributed by atoms with Crippen LogP contribution in [0.5, 0.6) is 0 Å². The highest BCUT2D eigenvalue weighted by Crippen LogP contribution is 2.37. The Morgan fingerprint density at radius 3 is 2.27 bits per heavy atom. The maximum absolute atomic E-state index is 12.5. The Bertz CT molecular complexity index is 410. The van der Waals surface area contributed by atoms with E-state index in [-0.39, 0.29) is 5.56 Å². The summed E-state index contributed by atoms with van der Waals surface area (Å²) in [5, 5.41) is -0.527. The van der Waals surface area contributed by atoms with Crippen LogP contribution in [0.3, 0.4) is 0 Å². The van der Waals surface area contributed by atoms with E-state index in [0.717, 1.165) is 6.07 Å². The molecule has 0 atom stereocenters. The van der Waals surface area contributed by atoms with Gasteiger partial charge in [-0.3, -0.25) is 4.79 Å². The van der Waals surface area contributed by atoms with E-state index in [4.69, 9.17) is 11.6 Å². The molecule has 0 aliphatic rings. The van der Waals surface area contributed by atoms with E-state index < -0.39 is 22.5 Å². The Labute approximate surface area is 89.9 Å².